The van der Waals surface area contributed by atoms with Gasteiger partial charge in [-0.15, -0.1) is 0 Å². The molecule has 0 fully saturated rings. The van der Waals surface area contributed by atoms with E-state index in [1.165, 1.54) is 18.4 Å². The van der Waals surface area contributed by atoms with Crippen molar-refractivity contribution in [3.8, 4) is 0 Å². The van der Waals surface area contributed by atoms with Crippen molar-refractivity contribution < 1.29 is 4.79 Å². The van der Waals surface area contributed by atoms with Gasteiger partial charge < -0.3 is 5.73 Å². The number of carbonyl (C=O) groups excluding carboxylic acids is 1. The molecule has 1 unspecified atom stereocenters. The van der Waals surface area contributed by atoms with Gasteiger partial charge in [-0.3, -0.25) is 4.79 Å². The summed E-state index contributed by atoms with van der Waals surface area (Å²) in [4.78, 5) is 11.3. The van der Waals surface area contributed by atoms with E-state index in [2.05, 4.69) is 19.1 Å². The summed E-state index contributed by atoms with van der Waals surface area (Å²) in [5, 5.41) is 0. The van der Waals surface area contributed by atoms with Crippen LogP contribution in [-0.4, -0.2) is 5.91 Å². The molecule has 0 aliphatic rings. The number of hydrogen-bond donors (Lipinski definition) is 1. The molecule has 2 nitrogen and oxygen atoms in total. The zero-order valence-corrected chi connectivity index (χ0v) is 9.99. The first-order valence-electron chi connectivity index (χ1n) is 6.07. The second-order valence-corrected chi connectivity index (χ2v) is 4.28. The van der Waals surface area contributed by atoms with Crippen molar-refractivity contribution in [1.82, 2.24) is 0 Å². The van der Waals surface area contributed by atoms with Gasteiger partial charge >= 0.3 is 0 Å². The average Bonchev–Trinajstić information content (AvgIpc) is 2.29. The lowest BCUT2D eigenvalue weighted by Crippen LogP contribution is -2.25. The largest absolute Gasteiger partial charge is 0.369 e. The number of rotatable bonds is 7. The van der Waals surface area contributed by atoms with Gasteiger partial charge in [-0.1, -0.05) is 56.5 Å². The van der Waals surface area contributed by atoms with Crippen LogP contribution in [0.2, 0.25) is 0 Å². The molecule has 0 bridgehead atoms. The fraction of sp³-hybridized carbons (Fsp3) is 0.500. The highest BCUT2D eigenvalue weighted by molar-refractivity contribution is 5.76. The lowest BCUT2D eigenvalue weighted by Gasteiger charge is -2.12. The summed E-state index contributed by atoms with van der Waals surface area (Å²) in [5.41, 5.74) is 6.62. The molecule has 0 aromatic heterocycles. The minimum Gasteiger partial charge on any atom is -0.369 e. The standard InChI is InChI=1S/C14H21NO/c1-2-3-5-10-13(14(15)16)11-12-8-6-4-7-9-12/h4,6-9,13H,2-3,5,10-11H2,1H3,(H2,15,16). The van der Waals surface area contributed by atoms with E-state index in [-0.39, 0.29) is 11.8 Å². The maximum absolute atomic E-state index is 11.3. The van der Waals surface area contributed by atoms with E-state index in [9.17, 15) is 4.79 Å². The minimum atomic E-state index is -0.167. The van der Waals surface area contributed by atoms with E-state index in [4.69, 9.17) is 5.73 Å². The molecule has 0 radical (unpaired) electrons. The number of unbranched alkanes of at least 4 members (excludes halogenated alkanes) is 2. The molecule has 1 atom stereocenters. The third-order valence-electron chi connectivity index (χ3n) is 2.88. The van der Waals surface area contributed by atoms with Gasteiger partial charge in [0.05, 0.1) is 0 Å². The number of nitrogens with two attached hydrogens (primary N) is 1. The molecule has 1 aromatic carbocycles. The van der Waals surface area contributed by atoms with Crippen LogP contribution in [-0.2, 0) is 11.2 Å². The minimum absolute atomic E-state index is 0.00560. The molecule has 2 heteroatoms. The highest BCUT2D eigenvalue weighted by Gasteiger charge is 2.15. The summed E-state index contributed by atoms with van der Waals surface area (Å²) in [6, 6.07) is 10.1. The fourth-order valence-electron chi connectivity index (χ4n) is 1.88. The molecule has 0 heterocycles. The Bertz CT molecular complexity index is 308. The normalized spacial score (nSPS) is 12.3. The number of carbonyl (C=O) groups is 1. The molecular weight excluding hydrogens is 198 g/mol. The first-order chi connectivity index (χ1) is 7.74. The average molecular weight is 219 g/mol. The predicted molar refractivity (Wildman–Crippen MR) is 67.0 cm³/mol. The second-order valence-electron chi connectivity index (χ2n) is 4.28. The van der Waals surface area contributed by atoms with Crippen LogP contribution in [0.5, 0.6) is 0 Å². The second kappa shape index (κ2) is 7.04. The van der Waals surface area contributed by atoms with Gasteiger partial charge in [0.25, 0.3) is 0 Å². The van der Waals surface area contributed by atoms with E-state index in [0.29, 0.717) is 0 Å². The maximum atomic E-state index is 11.3. The van der Waals surface area contributed by atoms with Gasteiger partial charge in [-0.2, -0.15) is 0 Å². The first-order valence-corrected chi connectivity index (χ1v) is 6.07. The Kier molecular flexibility index (Phi) is 5.62. The molecule has 88 valence electrons. The van der Waals surface area contributed by atoms with E-state index in [1.54, 1.807) is 0 Å². The smallest absolute Gasteiger partial charge is 0.220 e. The molecular formula is C14H21NO. The molecule has 1 amide bonds. The quantitative estimate of drug-likeness (QED) is 0.704. The zero-order chi connectivity index (χ0) is 11.8. The van der Waals surface area contributed by atoms with Crippen LogP contribution in [0.25, 0.3) is 0 Å². The fourth-order valence-corrected chi connectivity index (χ4v) is 1.88. The maximum Gasteiger partial charge on any atom is 0.220 e. The lowest BCUT2D eigenvalue weighted by atomic mass is 9.93. The van der Waals surface area contributed by atoms with E-state index in [1.807, 2.05) is 18.2 Å². The van der Waals surface area contributed by atoms with Crippen molar-refractivity contribution in [3.63, 3.8) is 0 Å². The summed E-state index contributed by atoms with van der Waals surface area (Å²) in [5.74, 6) is -0.172. The van der Waals surface area contributed by atoms with E-state index < -0.39 is 0 Å². The Hall–Kier alpha value is -1.31. The molecule has 0 saturated heterocycles. The Morgan fingerprint density at radius 1 is 1.25 bits per heavy atom. The van der Waals surface area contributed by atoms with Gasteiger partial charge in [-0.25, -0.2) is 0 Å². The summed E-state index contributed by atoms with van der Waals surface area (Å²) in [6.45, 7) is 2.16. The van der Waals surface area contributed by atoms with Crippen LogP contribution in [0.4, 0.5) is 0 Å². The summed E-state index contributed by atoms with van der Waals surface area (Å²) in [6.07, 6.45) is 5.14. The van der Waals surface area contributed by atoms with Crippen molar-refractivity contribution in [2.75, 3.05) is 0 Å². The molecule has 0 aliphatic heterocycles. The molecule has 0 saturated carbocycles. The van der Waals surface area contributed by atoms with Crippen LogP contribution >= 0.6 is 0 Å². The van der Waals surface area contributed by atoms with Crippen LogP contribution in [0.15, 0.2) is 30.3 Å². The molecule has 1 rings (SSSR count). The number of benzene rings is 1. The third-order valence-corrected chi connectivity index (χ3v) is 2.88. The SMILES string of the molecule is CCCCCC(Cc1ccccc1)C(N)=O. The van der Waals surface area contributed by atoms with Gasteiger partial charge in [0.2, 0.25) is 5.91 Å². The van der Waals surface area contributed by atoms with Crippen LogP contribution < -0.4 is 5.73 Å². The zero-order valence-electron chi connectivity index (χ0n) is 9.99. The molecule has 1 aromatic rings. The molecule has 0 aliphatic carbocycles. The summed E-state index contributed by atoms with van der Waals surface area (Å²) in [7, 11) is 0. The van der Waals surface area contributed by atoms with Crippen molar-refractivity contribution in [1.29, 1.82) is 0 Å². The first kappa shape index (κ1) is 12.8. The third kappa shape index (κ3) is 4.47. The molecule has 0 spiro atoms. The highest BCUT2D eigenvalue weighted by atomic mass is 16.1. The van der Waals surface area contributed by atoms with Crippen LogP contribution in [0.3, 0.4) is 0 Å². The van der Waals surface area contributed by atoms with Gasteiger partial charge in [0.1, 0.15) is 0 Å². The molecule has 16 heavy (non-hydrogen) atoms. The van der Waals surface area contributed by atoms with Crippen molar-refractivity contribution in [2.45, 2.75) is 39.0 Å². The molecule has 2 N–H and O–H groups in total. The monoisotopic (exact) mass is 219 g/mol. The number of primary amides is 1. The van der Waals surface area contributed by atoms with E-state index >= 15 is 0 Å². The van der Waals surface area contributed by atoms with Crippen molar-refractivity contribution >= 4 is 5.91 Å². The Morgan fingerprint density at radius 3 is 2.50 bits per heavy atom. The Labute approximate surface area is 97.9 Å². The Balaban J connectivity index is 2.48. The topological polar surface area (TPSA) is 43.1 Å². The number of hydrogen-bond acceptors (Lipinski definition) is 1. The van der Waals surface area contributed by atoms with Gasteiger partial charge in [0, 0.05) is 5.92 Å². The predicted octanol–water partition coefficient (Wildman–Crippen LogP) is 2.91. The Morgan fingerprint density at radius 2 is 1.94 bits per heavy atom. The lowest BCUT2D eigenvalue weighted by molar-refractivity contribution is -0.122. The van der Waals surface area contributed by atoms with Crippen LogP contribution in [0.1, 0.15) is 38.2 Å². The van der Waals surface area contributed by atoms with Gasteiger partial charge in [0.15, 0.2) is 0 Å². The van der Waals surface area contributed by atoms with Crippen LogP contribution in [0, 0.1) is 5.92 Å². The highest BCUT2D eigenvalue weighted by Crippen LogP contribution is 2.15. The van der Waals surface area contributed by atoms with Crippen molar-refractivity contribution in [3.05, 3.63) is 35.9 Å². The van der Waals surface area contributed by atoms with Crippen molar-refractivity contribution in [2.24, 2.45) is 11.7 Å². The van der Waals surface area contributed by atoms with E-state index in [0.717, 1.165) is 19.3 Å². The number of amides is 1. The summed E-state index contributed by atoms with van der Waals surface area (Å²) < 4.78 is 0. The summed E-state index contributed by atoms with van der Waals surface area (Å²) >= 11 is 0. The van der Waals surface area contributed by atoms with Gasteiger partial charge in [-0.05, 0) is 18.4 Å².